The number of benzene rings is 1. The number of fused-ring (bicyclic) bond motifs is 1. The zero-order valence-electron chi connectivity index (χ0n) is 20.0. The average molecular weight is 533 g/mol. The lowest BCUT2D eigenvalue weighted by Crippen LogP contribution is -2.54. The molecular formula is C24H28N4O8S. The molecule has 3 N–H and O–H groups in total. The number of rotatable bonds is 8. The fourth-order valence-corrected chi connectivity index (χ4v) is 6.72. The highest BCUT2D eigenvalue weighted by molar-refractivity contribution is 7.90. The minimum absolute atomic E-state index is 0.0250. The highest BCUT2D eigenvalue weighted by atomic mass is 32.2. The van der Waals surface area contributed by atoms with Crippen LogP contribution in [0.2, 0.25) is 0 Å². The van der Waals surface area contributed by atoms with Gasteiger partial charge in [-0.2, -0.15) is 0 Å². The first kappa shape index (κ1) is 25.3. The van der Waals surface area contributed by atoms with E-state index in [4.69, 9.17) is 4.74 Å². The predicted molar refractivity (Wildman–Crippen MR) is 128 cm³/mol. The van der Waals surface area contributed by atoms with Crippen LogP contribution in [0.25, 0.3) is 0 Å². The van der Waals surface area contributed by atoms with Gasteiger partial charge >= 0.3 is 0 Å². The van der Waals surface area contributed by atoms with Crippen molar-refractivity contribution < 1.29 is 37.1 Å². The minimum Gasteiger partial charge on any atom is -0.484 e. The van der Waals surface area contributed by atoms with Gasteiger partial charge in [0.1, 0.15) is 11.8 Å². The molecule has 2 saturated carbocycles. The molecule has 1 aromatic carbocycles. The number of imide groups is 2. The first-order valence-corrected chi connectivity index (χ1v) is 14.0. The molecule has 3 fully saturated rings. The maximum Gasteiger partial charge on any atom is 0.262 e. The lowest BCUT2D eigenvalue weighted by molar-refractivity contribution is -0.136. The number of ether oxygens (including phenoxy) is 1. The zero-order chi connectivity index (χ0) is 26.3. The topological polar surface area (TPSA) is 168 Å². The van der Waals surface area contributed by atoms with Crippen LogP contribution in [-0.2, 0) is 24.4 Å². The average Bonchev–Trinajstić information content (AvgIpc) is 3.68. The summed E-state index contributed by atoms with van der Waals surface area (Å²) in [7, 11) is -3.38. The minimum atomic E-state index is -3.38. The Balaban J connectivity index is 1.20. The van der Waals surface area contributed by atoms with Gasteiger partial charge in [0.05, 0.1) is 16.4 Å². The monoisotopic (exact) mass is 532 g/mol. The number of hydrogen-bond donors (Lipinski definition) is 3. The van der Waals surface area contributed by atoms with E-state index in [1.54, 1.807) is 0 Å². The Morgan fingerprint density at radius 3 is 2.38 bits per heavy atom. The molecule has 5 amide bonds. The van der Waals surface area contributed by atoms with Crippen molar-refractivity contribution in [3.63, 3.8) is 0 Å². The van der Waals surface area contributed by atoms with Crippen LogP contribution in [0.1, 0.15) is 72.1 Å². The van der Waals surface area contributed by atoms with Crippen molar-refractivity contribution >= 4 is 39.6 Å². The van der Waals surface area contributed by atoms with E-state index in [2.05, 4.69) is 15.4 Å². The van der Waals surface area contributed by atoms with Crippen LogP contribution in [-0.4, -0.2) is 72.8 Å². The Morgan fingerprint density at radius 1 is 0.973 bits per heavy atom. The summed E-state index contributed by atoms with van der Waals surface area (Å²) in [5.41, 5.74) is 0.161. The summed E-state index contributed by atoms with van der Waals surface area (Å²) in [6.07, 6.45) is 4.43. The van der Waals surface area contributed by atoms with Crippen molar-refractivity contribution in [1.29, 1.82) is 0 Å². The molecule has 0 aromatic heterocycles. The van der Waals surface area contributed by atoms with Gasteiger partial charge in [-0.05, 0) is 50.3 Å². The summed E-state index contributed by atoms with van der Waals surface area (Å²) in [6, 6.07) is 2.42. The van der Waals surface area contributed by atoms with E-state index in [0.29, 0.717) is 25.7 Å². The third kappa shape index (κ3) is 5.23. The molecule has 13 heteroatoms. The van der Waals surface area contributed by atoms with E-state index < -0.39 is 45.6 Å². The zero-order valence-corrected chi connectivity index (χ0v) is 20.8. The van der Waals surface area contributed by atoms with Crippen LogP contribution < -0.4 is 20.1 Å². The van der Waals surface area contributed by atoms with E-state index in [-0.39, 0.29) is 53.7 Å². The lowest BCUT2D eigenvalue weighted by Gasteiger charge is -2.32. The Kier molecular flexibility index (Phi) is 6.75. The van der Waals surface area contributed by atoms with Crippen molar-refractivity contribution in [2.45, 2.75) is 74.7 Å². The van der Waals surface area contributed by atoms with Gasteiger partial charge in [-0.25, -0.2) is 13.1 Å². The maximum absolute atomic E-state index is 12.9. The molecule has 5 rings (SSSR count). The normalized spacial score (nSPS) is 26.1. The molecule has 0 bridgehead atoms. The third-order valence-electron chi connectivity index (χ3n) is 7.17. The van der Waals surface area contributed by atoms with E-state index >= 15 is 0 Å². The second kappa shape index (κ2) is 9.86. The molecule has 1 aromatic rings. The van der Waals surface area contributed by atoms with Crippen LogP contribution in [0.15, 0.2) is 18.2 Å². The second-order valence-electron chi connectivity index (χ2n) is 9.87. The summed E-state index contributed by atoms with van der Waals surface area (Å²) < 4.78 is 33.0. The fraction of sp³-hybridized carbons (Fsp3) is 0.542. The quantitative estimate of drug-likeness (QED) is 0.393. The summed E-state index contributed by atoms with van der Waals surface area (Å²) in [4.78, 5) is 62.8. The highest BCUT2D eigenvalue weighted by Crippen LogP contribution is 2.31. The van der Waals surface area contributed by atoms with Crippen molar-refractivity contribution in [2.24, 2.45) is 0 Å². The maximum atomic E-state index is 12.9. The van der Waals surface area contributed by atoms with Crippen LogP contribution in [0.3, 0.4) is 0 Å². The van der Waals surface area contributed by atoms with Gasteiger partial charge in [0.2, 0.25) is 21.8 Å². The van der Waals surface area contributed by atoms with Crippen LogP contribution >= 0.6 is 0 Å². The van der Waals surface area contributed by atoms with Gasteiger partial charge in [-0.15, -0.1) is 0 Å². The molecule has 198 valence electrons. The van der Waals surface area contributed by atoms with Crippen LogP contribution in [0.5, 0.6) is 5.75 Å². The summed E-state index contributed by atoms with van der Waals surface area (Å²) in [5, 5.41) is 4.66. The van der Waals surface area contributed by atoms with Crippen molar-refractivity contribution in [3.05, 3.63) is 29.3 Å². The number of piperidine rings is 1. The van der Waals surface area contributed by atoms with E-state index in [1.807, 2.05) is 0 Å². The standard InChI is InChI=1S/C24H28N4O8S/c29-20-10-9-19(22(31)26-20)28-23(32)15-8-5-13(11-16(15)24(28)33)36-12-21(30)25-17-3-1-2-4-18(17)27-37(34,35)14-6-7-14/h5,8,11,14,17-19,27H,1-4,6-7,9-10,12H2,(H,25,30)(H,26,29,31)/t17-,18-,19?/m1/s1. The van der Waals surface area contributed by atoms with Gasteiger partial charge in [0.25, 0.3) is 17.7 Å². The Morgan fingerprint density at radius 2 is 1.68 bits per heavy atom. The summed E-state index contributed by atoms with van der Waals surface area (Å²) in [6.45, 7) is -0.365. The highest BCUT2D eigenvalue weighted by Gasteiger charge is 2.45. The molecule has 0 spiro atoms. The van der Waals surface area contributed by atoms with Crippen molar-refractivity contribution in [1.82, 2.24) is 20.3 Å². The molecule has 4 aliphatic rings. The van der Waals surface area contributed by atoms with E-state index in [1.165, 1.54) is 18.2 Å². The molecule has 0 radical (unpaired) electrons. The number of nitrogens with one attached hydrogen (secondary N) is 3. The lowest BCUT2D eigenvalue weighted by atomic mass is 9.91. The molecule has 2 aliphatic carbocycles. The second-order valence-corrected chi connectivity index (χ2v) is 11.9. The fourth-order valence-electron chi connectivity index (χ4n) is 5.07. The number of carbonyl (C=O) groups is 5. The van der Waals surface area contributed by atoms with Gasteiger partial charge < -0.3 is 10.1 Å². The predicted octanol–water partition coefficient (Wildman–Crippen LogP) is -0.0242. The number of sulfonamides is 1. The van der Waals surface area contributed by atoms with Crippen LogP contribution in [0, 0.1) is 0 Å². The molecule has 2 heterocycles. The van der Waals surface area contributed by atoms with E-state index in [9.17, 15) is 32.4 Å². The van der Waals surface area contributed by atoms with Crippen LogP contribution in [0.4, 0.5) is 0 Å². The Hall–Kier alpha value is -3.32. The molecule has 1 unspecified atom stereocenters. The SMILES string of the molecule is O=C1CCC(N2C(=O)c3ccc(OCC(=O)N[C@@H]4CCCC[C@H]4NS(=O)(=O)C4CC4)cc3C2=O)C(=O)N1. The van der Waals surface area contributed by atoms with Gasteiger partial charge in [0, 0.05) is 18.5 Å². The summed E-state index contributed by atoms with van der Waals surface area (Å²) >= 11 is 0. The Labute approximate surface area is 213 Å². The molecule has 3 atom stereocenters. The van der Waals surface area contributed by atoms with Crippen molar-refractivity contribution in [2.75, 3.05) is 6.61 Å². The van der Waals surface area contributed by atoms with E-state index in [0.717, 1.165) is 17.7 Å². The molecule has 2 aliphatic heterocycles. The number of hydrogen-bond acceptors (Lipinski definition) is 8. The smallest absolute Gasteiger partial charge is 0.262 e. The Bertz CT molecular complexity index is 1280. The number of amides is 5. The molecule has 12 nitrogen and oxygen atoms in total. The number of carbonyl (C=O) groups excluding carboxylic acids is 5. The first-order chi connectivity index (χ1) is 17.6. The van der Waals surface area contributed by atoms with Gasteiger partial charge in [0.15, 0.2) is 6.61 Å². The summed E-state index contributed by atoms with van der Waals surface area (Å²) in [5.74, 6) is -2.69. The number of nitrogens with zero attached hydrogens (tertiary/aromatic N) is 1. The molecular weight excluding hydrogens is 504 g/mol. The van der Waals surface area contributed by atoms with Crippen molar-refractivity contribution in [3.8, 4) is 5.75 Å². The third-order valence-corrected chi connectivity index (χ3v) is 9.15. The molecule has 37 heavy (non-hydrogen) atoms. The first-order valence-electron chi connectivity index (χ1n) is 12.4. The largest absolute Gasteiger partial charge is 0.484 e. The molecule has 1 saturated heterocycles. The van der Waals surface area contributed by atoms with Gasteiger partial charge in [-0.3, -0.25) is 34.2 Å². The van der Waals surface area contributed by atoms with Gasteiger partial charge in [-0.1, -0.05) is 12.8 Å².